The third kappa shape index (κ3) is 3.21. The minimum atomic E-state index is -0.528. The molecule has 8 heteroatoms. The largest absolute Gasteiger partial charge is 0.367 e. The molecule has 2 aromatic carbocycles. The Bertz CT molecular complexity index is 1250. The molecule has 1 saturated carbocycles. The highest BCUT2D eigenvalue weighted by Crippen LogP contribution is 2.33. The number of aromatic nitrogens is 4. The summed E-state index contributed by atoms with van der Waals surface area (Å²) in [6, 6.07) is 10.4. The van der Waals surface area contributed by atoms with Gasteiger partial charge in [0.15, 0.2) is 0 Å². The summed E-state index contributed by atoms with van der Waals surface area (Å²) in [4.78, 5) is 23.2. The van der Waals surface area contributed by atoms with Gasteiger partial charge in [0.2, 0.25) is 0 Å². The van der Waals surface area contributed by atoms with Gasteiger partial charge in [-0.2, -0.15) is 0 Å². The van der Waals surface area contributed by atoms with E-state index in [4.69, 9.17) is 11.6 Å². The fourth-order valence-electron chi connectivity index (χ4n) is 4.04. The van der Waals surface area contributed by atoms with Gasteiger partial charge >= 0.3 is 5.69 Å². The van der Waals surface area contributed by atoms with Crippen LogP contribution in [0, 0.1) is 5.82 Å². The minimum Gasteiger partial charge on any atom is -0.367 e. The number of imidazole rings is 2. The lowest BCUT2D eigenvalue weighted by Crippen LogP contribution is -2.16. The summed E-state index contributed by atoms with van der Waals surface area (Å²) in [6.45, 7) is 0. The zero-order chi connectivity index (χ0) is 20.0. The zero-order valence-corrected chi connectivity index (χ0v) is 16.3. The number of nitrogens with zero attached hydrogens (tertiary/aromatic N) is 2. The van der Waals surface area contributed by atoms with Gasteiger partial charge in [0.1, 0.15) is 11.6 Å². The van der Waals surface area contributed by atoms with Crippen LogP contribution in [0.3, 0.4) is 0 Å². The number of hydrogen-bond acceptors (Lipinski definition) is 3. The lowest BCUT2D eigenvalue weighted by Gasteiger charge is -2.15. The van der Waals surface area contributed by atoms with Crippen LogP contribution in [-0.2, 0) is 0 Å². The summed E-state index contributed by atoms with van der Waals surface area (Å²) in [5.41, 5.74) is 3.13. The summed E-state index contributed by atoms with van der Waals surface area (Å²) < 4.78 is 15.8. The van der Waals surface area contributed by atoms with Crippen LogP contribution in [0.5, 0.6) is 0 Å². The Morgan fingerprint density at radius 2 is 2.00 bits per heavy atom. The average molecular weight is 412 g/mol. The normalized spacial score (nSPS) is 14.7. The Morgan fingerprint density at radius 3 is 2.79 bits per heavy atom. The van der Waals surface area contributed by atoms with Crippen LogP contribution in [0.4, 0.5) is 10.2 Å². The Hall–Kier alpha value is -3.06. The van der Waals surface area contributed by atoms with Gasteiger partial charge in [0.25, 0.3) is 0 Å². The summed E-state index contributed by atoms with van der Waals surface area (Å²) >= 11 is 5.88. The van der Waals surface area contributed by atoms with Gasteiger partial charge in [-0.15, -0.1) is 0 Å². The molecule has 0 amide bonds. The van der Waals surface area contributed by atoms with E-state index in [0.717, 1.165) is 36.7 Å². The SMILES string of the molecule is O=c1[nH]c(NC2CCCC2)c(-c2ccc(Cl)c(F)c2)n1-c1ccc2nc[nH]c2c1. The molecule has 2 aromatic heterocycles. The van der Waals surface area contributed by atoms with E-state index in [1.807, 2.05) is 18.2 Å². The first-order chi connectivity index (χ1) is 14.1. The van der Waals surface area contributed by atoms with Gasteiger partial charge in [-0.3, -0.25) is 9.55 Å². The number of anilines is 1. The lowest BCUT2D eigenvalue weighted by atomic mass is 10.1. The van der Waals surface area contributed by atoms with Crippen LogP contribution < -0.4 is 11.0 Å². The first-order valence-electron chi connectivity index (χ1n) is 9.60. The van der Waals surface area contributed by atoms with Crippen LogP contribution >= 0.6 is 11.6 Å². The molecule has 6 nitrogen and oxygen atoms in total. The number of H-pyrrole nitrogens is 2. The van der Waals surface area contributed by atoms with E-state index < -0.39 is 5.82 Å². The maximum Gasteiger partial charge on any atom is 0.332 e. The highest BCUT2D eigenvalue weighted by atomic mass is 35.5. The summed E-state index contributed by atoms with van der Waals surface area (Å²) in [5, 5.41) is 3.50. The molecule has 0 bridgehead atoms. The number of fused-ring (bicyclic) bond motifs is 1. The second-order valence-corrected chi connectivity index (χ2v) is 7.75. The molecule has 148 valence electrons. The predicted octanol–water partition coefficient (Wildman–Crippen LogP) is 4.86. The van der Waals surface area contributed by atoms with Crippen LogP contribution in [0.25, 0.3) is 28.0 Å². The molecule has 0 spiro atoms. The maximum absolute atomic E-state index is 14.2. The third-order valence-corrected chi connectivity index (χ3v) is 5.76. The molecule has 2 heterocycles. The molecule has 0 aliphatic heterocycles. The van der Waals surface area contributed by atoms with Crippen molar-refractivity contribution in [3.05, 3.63) is 64.0 Å². The van der Waals surface area contributed by atoms with Gasteiger partial charge in [0.05, 0.1) is 33.8 Å². The fourth-order valence-corrected chi connectivity index (χ4v) is 4.16. The van der Waals surface area contributed by atoms with E-state index in [9.17, 15) is 9.18 Å². The van der Waals surface area contributed by atoms with Gasteiger partial charge < -0.3 is 10.3 Å². The van der Waals surface area contributed by atoms with Gasteiger partial charge in [0, 0.05) is 11.6 Å². The van der Waals surface area contributed by atoms with E-state index in [0.29, 0.717) is 22.8 Å². The molecule has 0 radical (unpaired) electrons. The number of benzene rings is 2. The predicted molar refractivity (Wildman–Crippen MR) is 112 cm³/mol. The molecule has 5 rings (SSSR count). The number of nitrogens with one attached hydrogen (secondary N) is 3. The lowest BCUT2D eigenvalue weighted by molar-refractivity contribution is 0.628. The number of hydrogen-bond donors (Lipinski definition) is 3. The molecule has 29 heavy (non-hydrogen) atoms. The van der Waals surface area contributed by atoms with Crippen molar-refractivity contribution in [3.8, 4) is 16.9 Å². The van der Waals surface area contributed by atoms with Gasteiger partial charge in [-0.25, -0.2) is 14.2 Å². The number of halogens is 2. The minimum absolute atomic E-state index is 0.0439. The van der Waals surface area contributed by atoms with Crippen LogP contribution in [-0.4, -0.2) is 25.6 Å². The molecular weight excluding hydrogens is 393 g/mol. The highest BCUT2D eigenvalue weighted by Gasteiger charge is 2.22. The van der Waals surface area contributed by atoms with Crippen molar-refractivity contribution >= 4 is 28.5 Å². The van der Waals surface area contributed by atoms with Crippen molar-refractivity contribution in [2.24, 2.45) is 0 Å². The van der Waals surface area contributed by atoms with E-state index in [1.54, 1.807) is 17.0 Å². The quantitative estimate of drug-likeness (QED) is 0.449. The fraction of sp³-hybridized carbons (Fsp3) is 0.238. The van der Waals surface area contributed by atoms with Crippen molar-refractivity contribution in [2.75, 3.05) is 5.32 Å². The molecule has 0 unspecified atom stereocenters. The van der Waals surface area contributed by atoms with Gasteiger partial charge in [-0.1, -0.05) is 30.5 Å². The average Bonchev–Trinajstić information content (AvgIpc) is 3.44. The standard InChI is InChI=1S/C21H19ClFN5O/c22-15-7-5-12(9-16(15)23)19-20(26-13-3-1-2-4-13)27-21(29)28(19)14-6-8-17-18(10-14)25-11-24-17/h5-11,13,26H,1-4H2,(H,24,25)(H,27,29). The Morgan fingerprint density at radius 1 is 1.17 bits per heavy atom. The van der Waals surface area contributed by atoms with Crippen LogP contribution in [0.15, 0.2) is 47.5 Å². The van der Waals surface area contributed by atoms with Gasteiger partial charge in [-0.05, 0) is 43.2 Å². The molecule has 0 atom stereocenters. The van der Waals surface area contributed by atoms with Crippen molar-refractivity contribution in [1.29, 1.82) is 0 Å². The Kier molecular flexibility index (Phi) is 4.39. The smallest absolute Gasteiger partial charge is 0.332 e. The molecule has 1 aliphatic rings. The van der Waals surface area contributed by atoms with Crippen molar-refractivity contribution in [1.82, 2.24) is 19.5 Å². The van der Waals surface area contributed by atoms with E-state index in [-0.39, 0.29) is 16.8 Å². The maximum atomic E-state index is 14.2. The van der Waals surface area contributed by atoms with Crippen molar-refractivity contribution in [3.63, 3.8) is 0 Å². The Balaban J connectivity index is 1.71. The van der Waals surface area contributed by atoms with E-state index in [1.165, 1.54) is 12.1 Å². The molecule has 1 fully saturated rings. The van der Waals surface area contributed by atoms with E-state index in [2.05, 4.69) is 20.3 Å². The third-order valence-electron chi connectivity index (χ3n) is 5.45. The molecule has 0 saturated heterocycles. The zero-order valence-electron chi connectivity index (χ0n) is 15.5. The first-order valence-corrected chi connectivity index (χ1v) is 9.98. The Labute approximate surface area is 170 Å². The summed E-state index contributed by atoms with van der Waals surface area (Å²) in [6.07, 6.45) is 6.01. The topological polar surface area (TPSA) is 78.5 Å². The molecule has 3 N–H and O–H groups in total. The highest BCUT2D eigenvalue weighted by molar-refractivity contribution is 6.30. The number of aromatic amines is 2. The number of rotatable bonds is 4. The van der Waals surface area contributed by atoms with E-state index >= 15 is 0 Å². The summed E-state index contributed by atoms with van der Waals surface area (Å²) in [7, 11) is 0. The second kappa shape index (κ2) is 7.08. The summed E-state index contributed by atoms with van der Waals surface area (Å²) in [5.74, 6) is 0.0635. The first kappa shape index (κ1) is 18.0. The van der Waals surface area contributed by atoms with Crippen LogP contribution in [0.1, 0.15) is 25.7 Å². The molecular formula is C21H19ClFN5O. The molecule has 4 aromatic rings. The van der Waals surface area contributed by atoms with Crippen molar-refractivity contribution < 1.29 is 4.39 Å². The van der Waals surface area contributed by atoms with Crippen molar-refractivity contribution in [2.45, 2.75) is 31.7 Å². The monoisotopic (exact) mass is 411 g/mol. The second-order valence-electron chi connectivity index (χ2n) is 7.35. The van der Waals surface area contributed by atoms with Crippen LogP contribution in [0.2, 0.25) is 5.02 Å². The molecule has 1 aliphatic carbocycles.